The third-order valence-corrected chi connectivity index (χ3v) is 2.39. The molecule has 0 amide bonds. The van der Waals surface area contributed by atoms with Crippen LogP contribution in [0, 0.1) is 0 Å². The number of hydrogen-bond acceptors (Lipinski definition) is 5. The Morgan fingerprint density at radius 1 is 1.35 bits per heavy atom. The molecule has 5 N–H and O–H groups in total. The molecule has 0 saturated carbocycles. The van der Waals surface area contributed by atoms with E-state index < -0.39 is 11.2 Å². The molecular formula is C9H13N5O3. The van der Waals surface area contributed by atoms with Crippen LogP contribution in [0.15, 0.2) is 9.59 Å². The van der Waals surface area contributed by atoms with Crippen LogP contribution < -0.4 is 17.0 Å². The van der Waals surface area contributed by atoms with Gasteiger partial charge in [-0.05, 0) is 6.42 Å². The minimum Gasteiger partial charge on any atom is -0.385 e. The van der Waals surface area contributed by atoms with Crippen molar-refractivity contribution in [2.75, 3.05) is 13.7 Å². The highest BCUT2D eigenvalue weighted by atomic mass is 16.5. The summed E-state index contributed by atoms with van der Waals surface area (Å²) in [7, 11) is 1.58. The number of methoxy groups -OCH3 is 1. The number of nitrogens with two attached hydrogens (primary N) is 1. The fourth-order valence-electron chi connectivity index (χ4n) is 1.51. The molecule has 2 rings (SSSR count). The molecule has 1 unspecified atom stereocenters. The molecule has 0 bridgehead atoms. The highest BCUT2D eigenvalue weighted by molar-refractivity contribution is 5.68. The van der Waals surface area contributed by atoms with Crippen molar-refractivity contribution in [1.29, 1.82) is 0 Å². The van der Waals surface area contributed by atoms with E-state index in [0.717, 1.165) is 0 Å². The van der Waals surface area contributed by atoms with Gasteiger partial charge in [-0.1, -0.05) is 0 Å². The summed E-state index contributed by atoms with van der Waals surface area (Å²) in [6.45, 7) is 0.491. The zero-order valence-electron chi connectivity index (χ0n) is 9.24. The molecule has 1 atom stereocenters. The van der Waals surface area contributed by atoms with Crippen molar-refractivity contribution in [3.05, 3.63) is 26.7 Å². The second kappa shape index (κ2) is 4.52. The summed E-state index contributed by atoms with van der Waals surface area (Å²) in [6, 6.07) is -0.370. The van der Waals surface area contributed by atoms with E-state index in [0.29, 0.717) is 18.9 Å². The number of aromatic amines is 3. The van der Waals surface area contributed by atoms with Gasteiger partial charge in [0.05, 0.1) is 6.04 Å². The van der Waals surface area contributed by atoms with Gasteiger partial charge in [-0.3, -0.25) is 14.8 Å². The molecule has 0 aliphatic carbocycles. The van der Waals surface area contributed by atoms with Crippen molar-refractivity contribution in [2.45, 2.75) is 12.5 Å². The number of H-pyrrole nitrogens is 3. The zero-order valence-corrected chi connectivity index (χ0v) is 9.24. The average molecular weight is 239 g/mol. The van der Waals surface area contributed by atoms with Gasteiger partial charge in [0.2, 0.25) is 0 Å². The molecule has 8 nitrogen and oxygen atoms in total. The van der Waals surface area contributed by atoms with Crippen molar-refractivity contribution in [2.24, 2.45) is 5.73 Å². The molecule has 92 valence electrons. The first-order valence-corrected chi connectivity index (χ1v) is 5.08. The lowest BCUT2D eigenvalue weighted by atomic mass is 10.2. The first-order chi connectivity index (χ1) is 8.11. The fraction of sp³-hybridized carbons (Fsp3) is 0.444. The normalized spacial score (nSPS) is 13.1. The number of fused-ring (bicyclic) bond motifs is 1. The minimum atomic E-state index is -0.592. The van der Waals surface area contributed by atoms with Gasteiger partial charge in [0.1, 0.15) is 11.3 Å². The smallest absolute Gasteiger partial charge is 0.327 e. The molecule has 8 heteroatoms. The van der Waals surface area contributed by atoms with Gasteiger partial charge in [0, 0.05) is 13.7 Å². The molecular weight excluding hydrogens is 226 g/mol. The molecule has 0 saturated heterocycles. The average Bonchev–Trinajstić information content (AvgIpc) is 2.69. The summed E-state index contributed by atoms with van der Waals surface area (Å²) in [6.07, 6.45) is 0.568. The number of ether oxygens (including phenoxy) is 1. The van der Waals surface area contributed by atoms with Gasteiger partial charge in [-0.15, -0.1) is 0 Å². The van der Waals surface area contributed by atoms with Gasteiger partial charge in [-0.25, -0.2) is 9.78 Å². The topological polar surface area (TPSA) is 130 Å². The summed E-state index contributed by atoms with van der Waals surface area (Å²) < 4.78 is 4.90. The first kappa shape index (κ1) is 11.6. The number of aromatic nitrogens is 4. The highest BCUT2D eigenvalue weighted by Crippen LogP contribution is 2.11. The SMILES string of the molecule is COCCC(N)c1nc2[nH]c(=O)[nH]c(=O)c2[nH]1. The van der Waals surface area contributed by atoms with Gasteiger partial charge < -0.3 is 15.5 Å². The van der Waals surface area contributed by atoms with Crippen molar-refractivity contribution in [3.8, 4) is 0 Å². The second-order valence-electron chi connectivity index (χ2n) is 3.64. The Bertz CT molecular complexity index is 625. The van der Waals surface area contributed by atoms with Crippen LogP contribution in [0.4, 0.5) is 0 Å². The maximum Gasteiger partial charge on any atom is 0.327 e. The van der Waals surface area contributed by atoms with Gasteiger partial charge >= 0.3 is 5.69 Å². The van der Waals surface area contributed by atoms with Gasteiger partial charge in [0.15, 0.2) is 5.65 Å². The minimum absolute atomic E-state index is 0.210. The predicted octanol–water partition coefficient (Wildman–Crippen LogP) is -1.02. The maximum atomic E-state index is 11.4. The highest BCUT2D eigenvalue weighted by Gasteiger charge is 2.13. The van der Waals surface area contributed by atoms with Crippen LogP contribution in [0.5, 0.6) is 0 Å². The molecule has 17 heavy (non-hydrogen) atoms. The number of imidazole rings is 1. The lowest BCUT2D eigenvalue weighted by Crippen LogP contribution is -2.21. The van der Waals surface area contributed by atoms with Crippen LogP contribution in [0.2, 0.25) is 0 Å². The third-order valence-electron chi connectivity index (χ3n) is 2.39. The van der Waals surface area contributed by atoms with E-state index in [1.54, 1.807) is 7.11 Å². The van der Waals surface area contributed by atoms with E-state index in [1.807, 2.05) is 0 Å². The fourth-order valence-corrected chi connectivity index (χ4v) is 1.51. The molecule has 2 aromatic rings. The number of rotatable bonds is 4. The monoisotopic (exact) mass is 239 g/mol. The van der Waals surface area contributed by atoms with Crippen LogP contribution in [-0.2, 0) is 4.74 Å². The largest absolute Gasteiger partial charge is 0.385 e. The lowest BCUT2D eigenvalue weighted by Gasteiger charge is -2.06. The summed E-state index contributed by atoms with van der Waals surface area (Å²) in [5, 5.41) is 0. The molecule has 0 aromatic carbocycles. The number of hydrogen-bond donors (Lipinski definition) is 4. The number of nitrogens with zero attached hydrogens (tertiary/aromatic N) is 1. The molecule has 2 aromatic heterocycles. The molecule has 0 spiro atoms. The van der Waals surface area contributed by atoms with Crippen molar-refractivity contribution >= 4 is 11.2 Å². The van der Waals surface area contributed by atoms with Crippen LogP contribution in [0.1, 0.15) is 18.3 Å². The summed E-state index contributed by atoms with van der Waals surface area (Å²) in [4.78, 5) is 33.9. The zero-order chi connectivity index (χ0) is 12.4. The summed E-state index contributed by atoms with van der Waals surface area (Å²) >= 11 is 0. The Balaban J connectivity index is 2.41. The van der Waals surface area contributed by atoms with Crippen molar-refractivity contribution in [1.82, 2.24) is 19.9 Å². The molecule has 0 aliphatic heterocycles. The molecule has 0 aliphatic rings. The Hall–Kier alpha value is -1.93. The quantitative estimate of drug-likeness (QED) is 0.542. The second-order valence-corrected chi connectivity index (χ2v) is 3.64. The standard InChI is InChI=1S/C9H13N5O3/c1-17-3-2-4(10)6-11-5-7(12-6)13-9(16)14-8(5)15/h4H,2-3,10H2,1H3,(H3,11,12,13,14,15,16). The van der Waals surface area contributed by atoms with Crippen molar-refractivity contribution in [3.63, 3.8) is 0 Å². The van der Waals surface area contributed by atoms with Crippen LogP contribution in [0.25, 0.3) is 11.2 Å². The predicted molar refractivity (Wildman–Crippen MR) is 60.8 cm³/mol. The van der Waals surface area contributed by atoms with Gasteiger partial charge in [-0.2, -0.15) is 0 Å². The summed E-state index contributed by atoms with van der Waals surface area (Å²) in [5.74, 6) is 0.449. The van der Waals surface area contributed by atoms with E-state index in [9.17, 15) is 9.59 Å². The van der Waals surface area contributed by atoms with E-state index >= 15 is 0 Å². The Kier molecular flexibility index (Phi) is 3.07. The lowest BCUT2D eigenvalue weighted by molar-refractivity contribution is 0.187. The number of nitrogens with one attached hydrogen (secondary N) is 3. The molecule has 0 radical (unpaired) electrons. The van der Waals surface area contributed by atoms with E-state index in [4.69, 9.17) is 10.5 Å². The van der Waals surface area contributed by atoms with E-state index in [1.165, 1.54) is 0 Å². The molecule has 2 heterocycles. The Labute approximate surface area is 95.2 Å². The first-order valence-electron chi connectivity index (χ1n) is 5.08. The Morgan fingerprint density at radius 3 is 2.82 bits per heavy atom. The Morgan fingerprint density at radius 2 is 2.12 bits per heavy atom. The summed E-state index contributed by atoms with van der Waals surface area (Å²) in [5.41, 5.74) is 5.18. The van der Waals surface area contributed by atoms with Crippen LogP contribution in [-0.4, -0.2) is 33.7 Å². The maximum absolute atomic E-state index is 11.4. The van der Waals surface area contributed by atoms with Crippen molar-refractivity contribution < 1.29 is 4.74 Å². The van der Waals surface area contributed by atoms with Gasteiger partial charge in [0.25, 0.3) is 5.56 Å². The van der Waals surface area contributed by atoms with E-state index in [-0.39, 0.29) is 17.2 Å². The van der Waals surface area contributed by atoms with Crippen LogP contribution in [0.3, 0.4) is 0 Å². The van der Waals surface area contributed by atoms with E-state index in [2.05, 4.69) is 19.9 Å². The van der Waals surface area contributed by atoms with Crippen LogP contribution >= 0.6 is 0 Å². The third kappa shape index (κ3) is 2.27. The molecule has 0 fully saturated rings.